The molecule has 1 aliphatic carbocycles. The SMILES string of the molecule is C=C(NC1CCN(C(=C)CCc2cc(C)cc(C)c2)CC1)C1CC2CN(CC(=C)N3Cc4cn(C(C)C)nc4C3)CC2C1. The smallest absolute Gasteiger partial charge is 0.0867 e. The molecule has 3 fully saturated rings. The molecule has 0 spiro atoms. The zero-order valence-corrected chi connectivity index (χ0v) is 27.2. The van der Waals surface area contributed by atoms with Crippen LogP contribution < -0.4 is 5.32 Å². The molecule has 2 aromatic rings. The molecule has 6 nitrogen and oxygen atoms in total. The summed E-state index contributed by atoms with van der Waals surface area (Å²) in [6.07, 6.45) is 9.26. The van der Waals surface area contributed by atoms with Gasteiger partial charge in [-0.1, -0.05) is 49.1 Å². The molecule has 3 aliphatic heterocycles. The zero-order chi connectivity index (χ0) is 30.2. The maximum Gasteiger partial charge on any atom is 0.0867 e. The Hall–Kier alpha value is -2.99. The van der Waals surface area contributed by atoms with E-state index in [2.05, 4.69) is 96.5 Å². The van der Waals surface area contributed by atoms with E-state index in [1.807, 2.05) is 0 Å². The van der Waals surface area contributed by atoms with Gasteiger partial charge in [-0.15, -0.1) is 0 Å². The summed E-state index contributed by atoms with van der Waals surface area (Å²) in [6.45, 7) is 29.7. The van der Waals surface area contributed by atoms with Gasteiger partial charge in [-0.05, 0) is 89.5 Å². The number of hydrogen-bond acceptors (Lipinski definition) is 5. The first-order chi connectivity index (χ1) is 20.6. The molecule has 1 N–H and O–H groups in total. The van der Waals surface area contributed by atoms with E-state index in [1.165, 1.54) is 83.8 Å². The Morgan fingerprint density at radius 3 is 2.23 bits per heavy atom. The van der Waals surface area contributed by atoms with Gasteiger partial charge in [0, 0.05) is 80.2 Å². The molecule has 4 heterocycles. The van der Waals surface area contributed by atoms with E-state index in [1.54, 1.807) is 0 Å². The van der Waals surface area contributed by atoms with Crippen LogP contribution in [0.5, 0.6) is 0 Å². The van der Waals surface area contributed by atoms with Crippen LogP contribution in [0.1, 0.15) is 79.9 Å². The lowest BCUT2D eigenvalue weighted by Gasteiger charge is -2.36. The van der Waals surface area contributed by atoms with Gasteiger partial charge in [0.25, 0.3) is 0 Å². The van der Waals surface area contributed by atoms with Gasteiger partial charge in [0.15, 0.2) is 0 Å². The van der Waals surface area contributed by atoms with Crippen LogP contribution in [0.3, 0.4) is 0 Å². The molecule has 232 valence electrons. The summed E-state index contributed by atoms with van der Waals surface area (Å²) in [7, 11) is 0. The highest BCUT2D eigenvalue weighted by molar-refractivity contribution is 5.29. The minimum atomic E-state index is 0.421. The van der Waals surface area contributed by atoms with E-state index in [0.717, 1.165) is 57.4 Å². The van der Waals surface area contributed by atoms with Crippen LogP contribution in [0.15, 0.2) is 61.2 Å². The van der Waals surface area contributed by atoms with Crippen LogP contribution in [-0.4, -0.2) is 63.2 Å². The third kappa shape index (κ3) is 6.90. The third-order valence-electron chi connectivity index (χ3n) is 10.6. The summed E-state index contributed by atoms with van der Waals surface area (Å²) < 4.78 is 2.10. The molecule has 0 amide bonds. The van der Waals surface area contributed by atoms with E-state index in [9.17, 15) is 0 Å². The van der Waals surface area contributed by atoms with Crippen LogP contribution in [0.2, 0.25) is 0 Å². The molecule has 4 aliphatic rings. The molecule has 6 heteroatoms. The summed E-state index contributed by atoms with van der Waals surface area (Å²) in [5.74, 6) is 2.21. The second-order valence-corrected chi connectivity index (χ2v) is 14.5. The number of aryl methyl sites for hydroxylation is 3. The maximum absolute atomic E-state index is 4.80. The quantitative estimate of drug-likeness (QED) is 0.324. The average Bonchev–Trinajstić information content (AvgIpc) is 3.71. The number of piperidine rings is 1. The molecule has 2 unspecified atom stereocenters. The van der Waals surface area contributed by atoms with E-state index < -0.39 is 0 Å². The van der Waals surface area contributed by atoms with Gasteiger partial charge in [-0.3, -0.25) is 9.58 Å². The number of likely N-dealkylation sites (tertiary alicyclic amines) is 2. The number of fused-ring (bicyclic) bond motifs is 2. The fourth-order valence-electron chi connectivity index (χ4n) is 8.21. The largest absolute Gasteiger partial charge is 0.386 e. The van der Waals surface area contributed by atoms with Crippen molar-refractivity contribution in [3.8, 4) is 0 Å². The normalized spacial score (nSPS) is 24.1. The minimum Gasteiger partial charge on any atom is -0.386 e. The number of benzene rings is 1. The summed E-state index contributed by atoms with van der Waals surface area (Å²) in [5, 5.41) is 8.69. The molecular formula is C37H54N6. The Balaban J connectivity index is 0.887. The highest BCUT2D eigenvalue weighted by Crippen LogP contribution is 2.44. The lowest BCUT2D eigenvalue weighted by atomic mass is 9.98. The van der Waals surface area contributed by atoms with Gasteiger partial charge < -0.3 is 15.1 Å². The second-order valence-electron chi connectivity index (χ2n) is 14.5. The lowest BCUT2D eigenvalue weighted by Crippen LogP contribution is -2.42. The van der Waals surface area contributed by atoms with Crippen molar-refractivity contribution in [2.45, 2.75) is 91.4 Å². The summed E-state index contributed by atoms with van der Waals surface area (Å²) in [6, 6.07) is 7.86. The molecule has 2 saturated heterocycles. The third-order valence-corrected chi connectivity index (χ3v) is 10.6. The Bertz CT molecular complexity index is 1290. The number of hydrogen-bond donors (Lipinski definition) is 1. The lowest BCUT2D eigenvalue weighted by molar-refractivity contribution is 0.238. The minimum absolute atomic E-state index is 0.421. The van der Waals surface area contributed by atoms with Crippen molar-refractivity contribution in [1.82, 2.24) is 29.8 Å². The second kappa shape index (κ2) is 12.6. The van der Waals surface area contributed by atoms with Crippen molar-refractivity contribution in [2.75, 3.05) is 32.7 Å². The van der Waals surface area contributed by atoms with Crippen molar-refractivity contribution >= 4 is 0 Å². The van der Waals surface area contributed by atoms with Gasteiger partial charge in [0.2, 0.25) is 0 Å². The van der Waals surface area contributed by atoms with Crippen molar-refractivity contribution in [3.05, 3.63) is 89.2 Å². The topological polar surface area (TPSA) is 39.6 Å². The number of allylic oxidation sites excluding steroid dienone is 2. The monoisotopic (exact) mass is 582 g/mol. The van der Waals surface area contributed by atoms with E-state index in [4.69, 9.17) is 5.10 Å². The van der Waals surface area contributed by atoms with Crippen LogP contribution in [0.25, 0.3) is 0 Å². The fraction of sp³-hybridized carbons (Fsp3) is 0.595. The molecule has 2 atom stereocenters. The van der Waals surface area contributed by atoms with Crippen LogP contribution in [-0.2, 0) is 19.5 Å². The van der Waals surface area contributed by atoms with Gasteiger partial charge >= 0.3 is 0 Å². The Kier molecular flexibility index (Phi) is 8.77. The maximum atomic E-state index is 4.80. The fourth-order valence-corrected chi connectivity index (χ4v) is 8.21. The first-order valence-electron chi connectivity index (χ1n) is 16.8. The van der Waals surface area contributed by atoms with E-state index in [-0.39, 0.29) is 0 Å². The number of nitrogens with one attached hydrogen (secondary N) is 1. The van der Waals surface area contributed by atoms with Crippen LogP contribution in [0, 0.1) is 31.6 Å². The van der Waals surface area contributed by atoms with Crippen molar-refractivity contribution in [1.29, 1.82) is 0 Å². The average molecular weight is 583 g/mol. The van der Waals surface area contributed by atoms with E-state index >= 15 is 0 Å². The molecule has 0 bridgehead atoms. The summed E-state index contributed by atoms with van der Waals surface area (Å²) in [4.78, 5) is 7.60. The molecule has 0 radical (unpaired) electrons. The standard InChI is InChI=1S/C37H54N6/c1-25(2)43-23-35-22-42(24-37(35)39-43)29(6)19-40-20-33-17-32(18-34(33)21-40)30(7)38-36-10-12-41(13-11-36)28(5)8-9-31-15-26(3)14-27(4)16-31/h14-16,23,25,32-34,36,38H,5-13,17-22,24H2,1-4H3. The first-order valence-corrected chi connectivity index (χ1v) is 16.8. The van der Waals surface area contributed by atoms with Crippen molar-refractivity contribution in [2.24, 2.45) is 17.8 Å². The molecule has 6 rings (SSSR count). The summed E-state index contributed by atoms with van der Waals surface area (Å²) >= 11 is 0. The van der Waals surface area contributed by atoms with E-state index in [0.29, 0.717) is 18.0 Å². The molecule has 43 heavy (non-hydrogen) atoms. The van der Waals surface area contributed by atoms with Gasteiger partial charge in [0.05, 0.1) is 12.2 Å². The van der Waals surface area contributed by atoms with Crippen LogP contribution in [0.4, 0.5) is 0 Å². The highest BCUT2D eigenvalue weighted by atomic mass is 15.3. The van der Waals surface area contributed by atoms with Crippen molar-refractivity contribution < 1.29 is 0 Å². The predicted octanol–water partition coefficient (Wildman–Crippen LogP) is 6.58. The number of rotatable bonds is 11. The molecular weight excluding hydrogens is 528 g/mol. The molecule has 1 aromatic carbocycles. The van der Waals surface area contributed by atoms with Gasteiger partial charge in [-0.2, -0.15) is 5.10 Å². The first kappa shape index (κ1) is 30.1. The Morgan fingerprint density at radius 1 is 0.930 bits per heavy atom. The van der Waals surface area contributed by atoms with Gasteiger partial charge in [-0.25, -0.2) is 0 Å². The Morgan fingerprint density at radius 2 is 1.60 bits per heavy atom. The Labute approximate surface area is 260 Å². The van der Waals surface area contributed by atoms with Crippen LogP contribution >= 0.6 is 0 Å². The summed E-state index contributed by atoms with van der Waals surface area (Å²) in [5.41, 5.74) is 10.6. The highest BCUT2D eigenvalue weighted by Gasteiger charge is 2.42. The number of aromatic nitrogens is 2. The predicted molar refractivity (Wildman–Crippen MR) is 177 cm³/mol. The van der Waals surface area contributed by atoms with Crippen molar-refractivity contribution in [3.63, 3.8) is 0 Å². The molecule has 1 saturated carbocycles. The van der Waals surface area contributed by atoms with Gasteiger partial charge in [0.1, 0.15) is 0 Å². The molecule has 1 aromatic heterocycles. The number of nitrogens with zero attached hydrogens (tertiary/aromatic N) is 5. The zero-order valence-electron chi connectivity index (χ0n) is 27.2.